The van der Waals surface area contributed by atoms with Gasteiger partial charge in [-0.2, -0.15) is 0 Å². The van der Waals surface area contributed by atoms with Crippen molar-refractivity contribution in [3.05, 3.63) is 23.3 Å². The third-order valence-corrected chi connectivity index (χ3v) is 3.01. The highest BCUT2D eigenvalue weighted by molar-refractivity contribution is 5.48. The molecule has 0 spiro atoms. The Balaban J connectivity index is 0.000000853. The lowest BCUT2D eigenvalue weighted by atomic mass is 9.99. The molecular formula is C11H14BrNO2. The summed E-state index contributed by atoms with van der Waals surface area (Å²) in [5.41, 5.74) is 2.85. The van der Waals surface area contributed by atoms with Gasteiger partial charge in [0.15, 0.2) is 11.5 Å². The summed E-state index contributed by atoms with van der Waals surface area (Å²) in [7, 11) is 2.23. The summed E-state index contributed by atoms with van der Waals surface area (Å²) in [6, 6.07) is 4.28. The number of nitrogens with one attached hydrogen (secondary N) is 1. The molecule has 0 aromatic heterocycles. The molecule has 1 N–H and O–H groups in total. The van der Waals surface area contributed by atoms with Gasteiger partial charge in [0.1, 0.15) is 6.54 Å². The SMILES string of the molecule is C[NH+]1CCc2cc3c(cc2C1)OCO3.[Br-]. The number of benzene rings is 1. The van der Waals surface area contributed by atoms with E-state index < -0.39 is 0 Å². The predicted octanol–water partition coefficient (Wildman–Crippen LogP) is -3.01. The van der Waals surface area contributed by atoms with Crippen molar-refractivity contribution in [1.82, 2.24) is 0 Å². The van der Waals surface area contributed by atoms with Gasteiger partial charge >= 0.3 is 0 Å². The van der Waals surface area contributed by atoms with Crippen LogP contribution in [0.25, 0.3) is 0 Å². The second-order valence-electron chi connectivity index (χ2n) is 4.11. The van der Waals surface area contributed by atoms with E-state index in [1.165, 1.54) is 17.7 Å². The van der Waals surface area contributed by atoms with Gasteiger partial charge in [-0.3, -0.25) is 0 Å². The van der Waals surface area contributed by atoms with Crippen molar-refractivity contribution in [2.24, 2.45) is 0 Å². The van der Waals surface area contributed by atoms with Gasteiger partial charge < -0.3 is 31.4 Å². The standard InChI is InChI=1S/C11H13NO2.BrH/c1-12-3-2-8-4-10-11(14-7-13-10)5-9(8)6-12;/h4-5H,2-3,6-7H2,1H3;1H. The maximum atomic E-state index is 5.37. The second-order valence-corrected chi connectivity index (χ2v) is 4.11. The molecule has 1 aromatic carbocycles. The maximum Gasteiger partial charge on any atom is 0.231 e. The average molecular weight is 272 g/mol. The molecule has 0 radical (unpaired) electrons. The summed E-state index contributed by atoms with van der Waals surface area (Å²) in [5, 5.41) is 0. The number of quaternary nitrogens is 1. The van der Waals surface area contributed by atoms with Gasteiger partial charge in [0, 0.05) is 12.0 Å². The van der Waals surface area contributed by atoms with Gasteiger partial charge in [0.25, 0.3) is 0 Å². The van der Waals surface area contributed by atoms with E-state index in [0.29, 0.717) is 6.79 Å². The minimum absolute atomic E-state index is 0. The summed E-state index contributed by atoms with van der Waals surface area (Å²) >= 11 is 0. The maximum absolute atomic E-state index is 5.37. The lowest BCUT2D eigenvalue weighted by Gasteiger charge is -2.22. The van der Waals surface area contributed by atoms with Gasteiger partial charge in [0.05, 0.1) is 13.6 Å². The average Bonchev–Trinajstić information content (AvgIpc) is 2.61. The molecule has 0 saturated carbocycles. The molecule has 0 fully saturated rings. The van der Waals surface area contributed by atoms with Crippen LogP contribution in [0.5, 0.6) is 11.5 Å². The highest BCUT2D eigenvalue weighted by Crippen LogP contribution is 2.35. The van der Waals surface area contributed by atoms with Crippen LogP contribution >= 0.6 is 0 Å². The van der Waals surface area contributed by atoms with E-state index in [0.717, 1.165) is 24.5 Å². The van der Waals surface area contributed by atoms with Crippen LogP contribution in [0.2, 0.25) is 0 Å². The monoisotopic (exact) mass is 271 g/mol. The highest BCUT2D eigenvalue weighted by Gasteiger charge is 2.22. The summed E-state index contributed by atoms with van der Waals surface area (Å²) in [4.78, 5) is 1.57. The molecule has 1 unspecified atom stereocenters. The first-order chi connectivity index (χ1) is 6.83. The van der Waals surface area contributed by atoms with Crippen molar-refractivity contribution in [2.45, 2.75) is 13.0 Å². The summed E-state index contributed by atoms with van der Waals surface area (Å²) in [6.45, 7) is 2.69. The number of likely N-dealkylation sites (N-methyl/N-ethyl adjacent to an activating group) is 1. The van der Waals surface area contributed by atoms with E-state index in [2.05, 4.69) is 19.2 Å². The Bertz CT molecular complexity index is 381. The third kappa shape index (κ3) is 1.84. The van der Waals surface area contributed by atoms with Crippen LogP contribution in [0.4, 0.5) is 0 Å². The highest BCUT2D eigenvalue weighted by atomic mass is 79.9. The zero-order valence-corrected chi connectivity index (χ0v) is 10.3. The molecule has 2 aliphatic rings. The topological polar surface area (TPSA) is 22.9 Å². The number of halogens is 1. The molecule has 15 heavy (non-hydrogen) atoms. The van der Waals surface area contributed by atoms with Crippen LogP contribution in [0.1, 0.15) is 11.1 Å². The van der Waals surface area contributed by atoms with E-state index in [1.54, 1.807) is 4.90 Å². The van der Waals surface area contributed by atoms with Gasteiger partial charge in [0.2, 0.25) is 6.79 Å². The molecule has 0 saturated heterocycles. The number of rotatable bonds is 0. The van der Waals surface area contributed by atoms with Crippen molar-refractivity contribution in [3.8, 4) is 11.5 Å². The lowest BCUT2D eigenvalue weighted by Crippen LogP contribution is -3.08. The van der Waals surface area contributed by atoms with Crippen molar-refractivity contribution in [3.63, 3.8) is 0 Å². The van der Waals surface area contributed by atoms with E-state index >= 15 is 0 Å². The molecule has 3 nitrogen and oxygen atoms in total. The van der Waals surface area contributed by atoms with E-state index in [-0.39, 0.29) is 17.0 Å². The van der Waals surface area contributed by atoms with Crippen LogP contribution in [0, 0.1) is 0 Å². The minimum Gasteiger partial charge on any atom is -1.00 e. The molecule has 0 aliphatic carbocycles. The predicted molar refractivity (Wildman–Crippen MR) is 51.7 cm³/mol. The Morgan fingerprint density at radius 3 is 2.53 bits per heavy atom. The molecule has 0 amide bonds. The Labute approximate surface area is 99.7 Å². The van der Waals surface area contributed by atoms with Crippen LogP contribution in [0.3, 0.4) is 0 Å². The van der Waals surface area contributed by atoms with Crippen molar-refractivity contribution >= 4 is 0 Å². The van der Waals surface area contributed by atoms with Gasteiger partial charge in [-0.05, 0) is 17.7 Å². The Morgan fingerprint density at radius 2 is 1.80 bits per heavy atom. The van der Waals surface area contributed by atoms with Crippen molar-refractivity contribution in [2.75, 3.05) is 20.4 Å². The van der Waals surface area contributed by atoms with Crippen LogP contribution in [-0.4, -0.2) is 20.4 Å². The first-order valence-corrected chi connectivity index (χ1v) is 5.05. The first-order valence-electron chi connectivity index (χ1n) is 5.05. The van der Waals surface area contributed by atoms with Crippen molar-refractivity contribution in [1.29, 1.82) is 0 Å². The smallest absolute Gasteiger partial charge is 0.231 e. The van der Waals surface area contributed by atoms with Crippen LogP contribution < -0.4 is 31.4 Å². The molecule has 1 aromatic rings. The Hall–Kier alpha value is -0.740. The van der Waals surface area contributed by atoms with E-state index in [4.69, 9.17) is 9.47 Å². The van der Waals surface area contributed by atoms with E-state index in [9.17, 15) is 0 Å². The molecular weight excluding hydrogens is 258 g/mol. The third-order valence-electron chi connectivity index (χ3n) is 3.01. The van der Waals surface area contributed by atoms with Crippen LogP contribution in [0.15, 0.2) is 12.1 Å². The minimum atomic E-state index is 0. The molecule has 2 aliphatic heterocycles. The zero-order valence-electron chi connectivity index (χ0n) is 8.68. The lowest BCUT2D eigenvalue weighted by molar-refractivity contribution is -0.895. The summed E-state index contributed by atoms with van der Waals surface area (Å²) in [5.74, 6) is 1.83. The van der Waals surface area contributed by atoms with Crippen molar-refractivity contribution < 1.29 is 31.4 Å². The molecule has 0 bridgehead atoms. The summed E-state index contributed by atoms with van der Waals surface area (Å²) in [6.07, 6.45) is 1.15. The number of ether oxygens (including phenoxy) is 2. The fraction of sp³-hybridized carbons (Fsp3) is 0.455. The van der Waals surface area contributed by atoms with Crippen LogP contribution in [-0.2, 0) is 13.0 Å². The quantitative estimate of drug-likeness (QED) is 0.544. The normalized spacial score (nSPS) is 21.8. The van der Waals surface area contributed by atoms with Gasteiger partial charge in [-0.15, -0.1) is 0 Å². The first kappa shape index (κ1) is 10.8. The zero-order chi connectivity index (χ0) is 9.54. The van der Waals surface area contributed by atoms with E-state index in [1.807, 2.05) is 0 Å². The Kier molecular flexibility index (Phi) is 2.89. The molecule has 82 valence electrons. The van der Waals surface area contributed by atoms with Gasteiger partial charge in [-0.1, -0.05) is 0 Å². The number of hydrogen-bond acceptors (Lipinski definition) is 2. The molecule has 2 heterocycles. The van der Waals surface area contributed by atoms with Gasteiger partial charge in [-0.25, -0.2) is 0 Å². The molecule has 4 heteroatoms. The second kappa shape index (κ2) is 4.02. The largest absolute Gasteiger partial charge is 1.00 e. The molecule has 3 rings (SSSR count). The number of hydrogen-bond donors (Lipinski definition) is 1. The summed E-state index contributed by atoms with van der Waals surface area (Å²) < 4.78 is 10.7. The molecule has 1 atom stereocenters. The fourth-order valence-electron chi connectivity index (χ4n) is 2.19. The number of fused-ring (bicyclic) bond motifs is 2. The fourth-order valence-corrected chi connectivity index (χ4v) is 2.19. The Morgan fingerprint density at radius 1 is 1.13 bits per heavy atom.